The summed E-state index contributed by atoms with van der Waals surface area (Å²) in [6, 6.07) is 4.40. The Bertz CT molecular complexity index is 642. The Morgan fingerprint density at radius 2 is 2.21 bits per heavy atom. The predicted octanol–water partition coefficient (Wildman–Crippen LogP) is 1.30. The van der Waals surface area contributed by atoms with Crippen molar-refractivity contribution in [2.45, 2.75) is 24.4 Å². The summed E-state index contributed by atoms with van der Waals surface area (Å²) in [6.45, 7) is 2.19. The van der Waals surface area contributed by atoms with E-state index in [4.69, 9.17) is 11.6 Å². The van der Waals surface area contributed by atoms with E-state index in [1.807, 2.05) is 0 Å². The topological polar surface area (TPSA) is 76.9 Å². The van der Waals surface area contributed by atoms with Crippen LogP contribution in [0.25, 0.3) is 0 Å². The Morgan fingerprint density at radius 3 is 2.84 bits per heavy atom. The quantitative estimate of drug-likeness (QED) is 0.844. The van der Waals surface area contributed by atoms with Crippen molar-refractivity contribution in [3.8, 4) is 0 Å². The molecule has 0 aromatic carbocycles. The first-order chi connectivity index (χ1) is 8.99. The molecule has 0 saturated carbocycles. The van der Waals surface area contributed by atoms with Gasteiger partial charge in [-0.15, -0.1) is 0 Å². The van der Waals surface area contributed by atoms with E-state index in [0.717, 1.165) is 0 Å². The van der Waals surface area contributed by atoms with Gasteiger partial charge in [0.1, 0.15) is 10.0 Å². The number of hydrogen-bond donors (Lipinski definition) is 1. The van der Waals surface area contributed by atoms with Crippen LogP contribution in [0.2, 0.25) is 5.15 Å². The van der Waals surface area contributed by atoms with Crippen molar-refractivity contribution < 1.29 is 8.42 Å². The molecule has 1 atom stereocenters. The van der Waals surface area contributed by atoms with Crippen LogP contribution in [0.15, 0.2) is 41.7 Å². The maximum absolute atomic E-state index is 12.1. The van der Waals surface area contributed by atoms with Crippen molar-refractivity contribution in [3.05, 3.63) is 41.9 Å². The Balaban J connectivity index is 2.11. The Morgan fingerprint density at radius 1 is 1.42 bits per heavy atom. The van der Waals surface area contributed by atoms with Crippen LogP contribution in [0.4, 0.5) is 0 Å². The minimum absolute atomic E-state index is 0.0241. The van der Waals surface area contributed by atoms with Gasteiger partial charge in [-0.2, -0.15) is 5.10 Å². The molecule has 0 amide bonds. The fourth-order valence-electron chi connectivity index (χ4n) is 1.63. The number of nitrogens with one attached hydrogen (secondary N) is 1. The van der Waals surface area contributed by atoms with Crippen molar-refractivity contribution in [2.75, 3.05) is 0 Å². The molecule has 8 heteroatoms. The summed E-state index contributed by atoms with van der Waals surface area (Å²) in [6.07, 6.45) is 4.84. The lowest BCUT2D eigenvalue weighted by Gasteiger charge is -2.14. The summed E-state index contributed by atoms with van der Waals surface area (Å²) in [7, 11) is -3.68. The lowest BCUT2D eigenvalue weighted by molar-refractivity contribution is 0.494. The second-order valence-corrected chi connectivity index (χ2v) is 6.08. The summed E-state index contributed by atoms with van der Waals surface area (Å²) >= 11 is 5.79. The number of halogens is 1. The molecular weight excluding hydrogens is 288 g/mol. The van der Waals surface area contributed by atoms with Crippen LogP contribution in [0.5, 0.6) is 0 Å². The standard InChI is InChI=1S/C11H13ClN4O2S/c1-9(8-16-7-3-6-14-16)15-19(17,18)10-4-2-5-13-11(10)12/h2-7,9,15H,8H2,1H3. The molecule has 0 aliphatic heterocycles. The molecule has 6 nitrogen and oxygen atoms in total. The summed E-state index contributed by atoms with van der Waals surface area (Å²) < 4.78 is 28.4. The lowest BCUT2D eigenvalue weighted by atomic mass is 10.4. The number of aromatic nitrogens is 3. The largest absolute Gasteiger partial charge is 0.271 e. The predicted molar refractivity (Wildman–Crippen MR) is 71.3 cm³/mol. The number of rotatable bonds is 5. The zero-order chi connectivity index (χ0) is 13.9. The van der Waals surface area contributed by atoms with Gasteiger partial charge in [-0.3, -0.25) is 4.68 Å². The van der Waals surface area contributed by atoms with Crippen LogP contribution in [-0.2, 0) is 16.6 Å². The summed E-state index contributed by atoms with van der Waals surface area (Å²) in [4.78, 5) is 3.73. The molecule has 0 aliphatic carbocycles. The van der Waals surface area contributed by atoms with Crippen LogP contribution in [0.3, 0.4) is 0 Å². The molecule has 0 fully saturated rings. The second-order valence-electron chi connectivity index (χ2n) is 4.04. The highest BCUT2D eigenvalue weighted by Gasteiger charge is 2.20. The highest BCUT2D eigenvalue weighted by molar-refractivity contribution is 7.89. The van der Waals surface area contributed by atoms with Gasteiger partial charge in [-0.05, 0) is 25.1 Å². The molecule has 2 aromatic rings. The molecule has 102 valence electrons. The molecule has 0 aliphatic rings. The highest BCUT2D eigenvalue weighted by atomic mass is 35.5. The molecule has 2 heterocycles. The molecule has 2 rings (SSSR count). The van der Waals surface area contributed by atoms with Gasteiger partial charge in [-0.1, -0.05) is 11.6 Å². The lowest BCUT2D eigenvalue weighted by Crippen LogP contribution is -2.36. The second kappa shape index (κ2) is 5.68. The van der Waals surface area contributed by atoms with Gasteiger partial charge >= 0.3 is 0 Å². The Hall–Kier alpha value is -1.44. The maximum Gasteiger partial charge on any atom is 0.243 e. The van der Waals surface area contributed by atoms with E-state index in [-0.39, 0.29) is 16.1 Å². The smallest absolute Gasteiger partial charge is 0.243 e. The van der Waals surface area contributed by atoms with Crippen LogP contribution in [-0.4, -0.2) is 29.2 Å². The highest BCUT2D eigenvalue weighted by Crippen LogP contribution is 2.17. The summed E-state index contributed by atoms with van der Waals surface area (Å²) in [5.74, 6) is 0. The zero-order valence-corrected chi connectivity index (χ0v) is 11.8. The fourth-order valence-corrected chi connectivity index (χ4v) is 3.31. The first kappa shape index (κ1) is 14.0. The summed E-state index contributed by atoms with van der Waals surface area (Å²) in [5.41, 5.74) is 0. The zero-order valence-electron chi connectivity index (χ0n) is 10.2. The Labute approximate surface area is 116 Å². The van der Waals surface area contributed by atoms with Crippen molar-refractivity contribution >= 4 is 21.6 Å². The van der Waals surface area contributed by atoms with Gasteiger partial charge in [0, 0.05) is 24.6 Å². The monoisotopic (exact) mass is 300 g/mol. The molecule has 2 aromatic heterocycles. The van der Waals surface area contributed by atoms with Gasteiger partial charge in [0.05, 0.1) is 6.54 Å². The number of hydrogen-bond acceptors (Lipinski definition) is 4. The SMILES string of the molecule is CC(Cn1cccn1)NS(=O)(=O)c1cccnc1Cl. The van der Waals surface area contributed by atoms with Crippen LogP contribution >= 0.6 is 11.6 Å². The van der Waals surface area contributed by atoms with E-state index >= 15 is 0 Å². The van der Waals surface area contributed by atoms with Gasteiger partial charge in [0.15, 0.2) is 0 Å². The van der Waals surface area contributed by atoms with Crippen molar-refractivity contribution in [1.29, 1.82) is 0 Å². The average Bonchev–Trinajstić information content (AvgIpc) is 2.81. The van der Waals surface area contributed by atoms with Crippen molar-refractivity contribution in [2.24, 2.45) is 0 Å². The average molecular weight is 301 g/mol. The third kappa shape index (κ3) is 3.52. The Kier molecular flexibility index (Phi) is 4.18. The number of sulfonamides is 1. The number of nitrogens with zero attached hydrogens (tertiary/aromatic N) is 3. The third-order valence-electron chi connectivity index (χ3n) is 2.39. The van der Waals surface area contributed by atoms with E-state index < -0.39 is 10.0 Å². The van der Waals surface area contributed by atoms with Gasteiger partial charge in [-0.25, -0.2) is 18.1 Å². The molecular formula is C11H13ClN4O2S. The molecule has 0 saturated heterocycles. The van der Waals surface area contributed by atoms with Crippen molar-refractivity contribution in [3.63, 3.8) is 0 Å². The van der Waals surface area contributed by atoms with E-state index in [1.54, 1.807) is 30.1 Å². The van der Waals surface area contributed by atoms with Gasteiger partial charge in [0.2, 0.25) is 10.0 Å². The summed E-state index contributed by atoms with van der Waals surface area (Å²) in [5, 5.41) is 3.98. The first-order valence-corrected chi connectivity index (χ1v) is 7.45. The van der Waals surface area contributed by atoms with Crippen LogP contribution in [0, 0.1) is 0 Å². The minimum Gasteiger partial charge on any atom is -0.271 e. The van der Waals surface area contributed by atoms with Gasteiger partial charge in [0.25, 0.3) is 0 Å². The molecule has 19 heavy (non-hydrogen) atoms. The fraction of sp³-hybridized carbons (Fsp3) is 0.273. The first-order valence-electron chi connectivity index (χ1n) is 5.59. The maximum atomic E-state index is 12.1. The molecule has 1 unspecified atom stereocenters. The molecule has 1 N–H and O–H groups in total. The third-order valence-corrected chi connectivity index (χ3v) is 4.43. The van der Waals surface area contributed by atoms with E-state index in [9.17, 15) is 8.42 Å². The normalized spacial score (nSPS) is 13.4. The van der Waals surface area contributed by atoms with Gasteiger partial charge < -0.3 is 0 Å². The number of pyridine rings is 1. The van der Waals surface area contributed by atoms with Crippen molar-refractivity contribution in [1.82, 2.24) is 19.5 Å². The van der Waals surface area contributed by atoms with E-state index in [0.29, 0.717) is 6.54 Å². The molecule has 0 spiro atoms. The van der Waals surface area contributed by atoms with E-state index in [2.05, 4.69) is 14.8 Å². The molecule has 0 bridgehead atoms. The molecule has 0 radical (unpaired) electrons. The van der Waals surface area contributed by atoms with Crippen LogP contribution < -0.4 is 4.72 Å². The van der Waals surface area contributed by atoms with Crippen LogP contribution in [0.1, 0.15) is 6.92 Å². The van der Waals surface area contributed by atoms with E-state index in [1.165, 1.54) is 18.3 Å². The minimum atomic E-state index is -3.68.